The summed E-state index contributed by atoms with van der Waals surface area (Å²) in [5.41, 5.74) is 6.11. The van der Waals surface area contributed by atoms with E-state index in [-0.39, 0.29) is 23.1 Å². The molecule has 3 N–H and O–H groups in total. The van der Waals surface area contributed by atoms with Crippen molar-refractivity contribution >= 4 is 23.2 Å². The fourth-order valence-electron chi connectivity index (χ4n) is 2.98. The van der Waals surface area contributed by atoms with Crippen molar-refractivity contribution in [3.05, 3.63) is 36.3 Å². The Labute approximate surface area is 141 Å². The van der Waals surface area contributed by atoms with Gasteiger partial charge in [-0.1, -0.05) is 0 Å². The van der Waals surface area contributed by atoms with E-state index in [0.29, 0.717) is 19.0 Å². The standard InChI is InChI=1S/C15H16FN7O2/c16-9-5-19-14-12(13(17)21-23(14)7-9)15(24)20-11-6-18-8-22(11)10-1-3-25-4-2-10/h5-8,10H,1-4H2,(H2,17,21)(H,20,24). The van der Waals surface area contributed by atoms with E-state index in [4.69, 9.17) is 10.5 Å². The van der Waals surface area contributed by atoms with Gasteiger partial charge in [0.15, 0.2) is 17.3 Å². The fraction of sp³-hybridized carbons (Fsp3) is 0.333. The Morgan fingerprint density at radius 1 is 1.36 bits per heavy atom. The molecule has 1 fully saturated rings. The molecule has 0 aliphatic carbocycles. The maximum atomic E-state index is 13.3. The van der Waals surface area contributed by atoms with Gasteiger partial charge in [0.25, 0.3) is 5.91 Å². The number of rotatable bonds is 3. The van der Waals surface area contributed by atoms with E-state index in [9.17, 15) is 9.18 Å². The van der Waals surface area contributed by atoms with E-state index in [2.05, 4.69) is 20.4 Å². The highest BCUT2D eigenvalue weighted by Crippen LogP contribution is 2.25. The number of nitrogens with zero attached hydrogens (tertiary/aromatic N) is 5. The zero-order valence-electron chi connectivity index (χ0n) is 13.2. The molecule has 3 aromatic heterocycles. The quantitative estimate of drug-likeness (QED) is 0.739. The van der Waals surface area contributed by atoms with Gasteiger partial charge in [-0.25, -0.2) is 18.9 Å². The SMILES string of the molecule is Nc1nn2cc(F)cnc2c1C(=O)Nc1cncn1C1CCOCC1. The Hall–Kier alpha value is -3.01. The minimum atomic E-state index is -0.570. The van der Waals surface area contributed by atoms with E-state index in [0.717, 1.165) is 29.8 Å². The van der Waals surface area contributed by atoms with Crippen LogP contribution in [-0.4, -0.2) is 43.3 Å². The number of carbonyl (C=O) groups excluding carboxylic acids is 1. The molecule has 9 nitrogen and oxygen atoms in total. The van der Waals surface area contributed by atoms with Crippen LogP contribution in [0.5, 0.6) is 0 Å². The summed E-state index contributed by atoms with van der Waals surface area (Å²) in [4.78, 5) is 20.7. The molecule has 3 aromatic rings. The van der Waals surface area contributed by atoms with Crippen molar-refractivity contribution in [3.8, 4) is 0 Å². The lowest BCUT2D eigenvalue weighted by molar-refractivity contribution is 0.0700. The second kappa shape index (κ2) is 6.13. The summed E-state index contributed by atoms with van der Waals surface area (Å²) in [6.07, 6.45) is 7.07. The van der Waals surface area contributed by atoms with Crippen molar-refractivity contribution in [2.24, 2.45) is 0 Å². The number of ether oxygens (including phenoxy) is 1. The zero-order valence-corrected chi connectivity index (χ0v) is 13.2. The van der Waals surface area contributed by atoms with E-state index in [1.807, 2.05) is 4.57 Å². The van der Waals surface area contributed by atoms with Gasteiger partial charge in [-0.2, -0.15) is 0 Å². The number of hydrogen-bond acceptors (Lipinski definition) is 6. The van der Waals surface area contributed by atoms with Crippen LogP contribution in [0.15, 0.2) is 24.9 Å². The molecule has 4 heterocycles. The maximum Gasteiger partial charge on any atom is 0.264 e. The number of carbonyl (C=O) groups is 1. The smallest absolute Gasteiger partial charge is 0.264 e. The number of aromatic nitrogens is 5. The molecule has 0 atom stereocenters. The monoisotopic (exact) mass is 345 g/mol. The van der Waals surface area contributed by atoms with Gasteiger partial charge in [-0.3, -0.25) is 4.79 Å². The lowest BCUT2D eigenvalue weighted by Crippen LogP contribution is -2.22. The number of halogens is 1. The minimum absolute atomic E-state index is 0.0206. The number of nitrogen functional groups attached to an aromatic ring is 1. The highest BCUT2D eigenvalue weighted by Gasteiger charge is 2.23. The molecule has 0 unspecified atom stereocenters. The number of nitrogens with one attached hydrogen (secondary N) is 1. The molecular weight excluding hydrogens is 329 g/mol. The Bertz CT molecular complexity index is 929. The summed E-state index contributed by atoms with van der Waals surface area (Å²) in [7, 11) is 0. The van der Waals surface area contributed by atoms with Crippen molar-refractivity contribution in [1.82, 2.24) is 24.1 Å². The van der Waals surface area contributed by atoms with Crippen molar-refractivity contribution < 1.29 is 13.9 Å². The van der Waals surface area contributed by atoms with Crippen LogP contribution in [0.4, 0.5) is 16.0 Å². The Balaban J connectivity index is 1.63. The average molecular weight is 345 g/mol. The van der Waals surface area contributed by atoms with Gasteiger partial charge in [0.05, 0.1) is 24.9 Å². The molecule has 0 spiro atoms. The van der Waals surface area contributed by atoms with Gasteiger partial charge in [0.2, 0.25) is 0 Å². The normalized spacial score (nSPS) is 15.6. The first-order valence-corrected chi connectivity index (χ1v) is 7.84. The number of anilines is 2. The number of nitrogens with two attached hydrogens (primary N) is 1. The number of fused-ring (bicyclic) bond motifs is 1. The second-order valence-electron chi connectivity index (χ2n) is 5.78. The van der Waals surface area contributed by atoms with Crippen LogP contribution in [0.25, 0.3) is 5.65 Å². The molecule has 0 aromatic carbocycles. The second-order valence-corrected chi connectivity index (χ2v) is 5.78. The average Bonchev–Trinajstić information content (AvgIpc) is 3.18. The molecule has 4 rings (SSSR count). The highest BCUT2D eigenvalue weighted by atomic mass is 19.1. The molecule has 10 heteroatoms. The molecule has 25 heavy (non-hydrogen) atoms. The minimum Gasteiger partial charge on any atom is -0.381 e. The van der Waals surface area contributed by atoms with Crippen molar-refractivity contribution in [2.45, 2.75) is 18.9 Å². The van der Waals surface area contributed by atoms with Gasteiger partial charge < -0.3 is 20.4 Å². The Morgan fingerprint density at radius 2 is 2.16 bits per heavy atom. The first-order chi connectivity index (χ1) is 12.1. The molecule has 1 aliphatic heterocycles. The fourth-order valence-corrected chi connectivity index (χ4v) is 2.98. The van der Waals surface area contributed by atoms with Crippen molar-refractivity contribution in [2.75, 3.05) is 24.3 Å². The Kier molecular flexibility index (Phi) is 3.80. The topological polar surface area (TPSA) is 112 Å². The van der Waals surface area contributed by atoms with E-state index >= 15 is 0 Å². The molecule has 0 bridgehead atoms. The van der Waals surface area contributed by atoms with Gasteiger partial charge in [0, 0.05) is 19.3 Å². The lowest BCUT2D eigenvalue weighted by atomic mass is 10.1. The Morgan fingerprint density at radius 3 is 2.96 bits per heavy atom. The molecule has 0 saturated carbocycles. The molecule has 130 valence electrons. The van der Waals surface area contributed by atoms with E-state index in [1.165, 1.54) is 0 Å². The summed E-state index contributed by atoms with van der Waals surface area (Å²) in [5.74, 6) is -0.509. The van der Waals surface area contributed by atoms with Crippen LogP contribution >= 0.6 is 0 Å². The summed E-state index contributed by atoms with van der Waals surface area (Å²) in [6, 6.07) is 0.208. The first kappa shape index (κ1) is 15.5. The molecule has 1 aliphatic rings. The third kappa shape index (κ3) is 2.80. The maximum absolute atomic E-state index is 13.3. The van der Waals surface area contributed by atoms with Crippen LogP contribution in [0, 0.1) is 5.82 Å². The molecule has 0 radical (unpaired) electrons. The first-order valence-electron chi connectivity index (χ1n) is 7.84. The van der Waals surface area contributed by atoms with Gasteiger partial charge in [-0.05, 0) is 12.8 Å². The lowest BCUT2D eigenvalue weighted by Gasteiger charge is -2.24. The summed E-state index contributed by atoms with van der Waals surface area (Å²) in [6.45, 7) is 1.35. The van der Waals surface area contributed by atoms with Crippen LogP contribution in [0.2, 0.25) is 0 Å². The van der Waals surface area contributed by atoms with Crippen molar-refractivity contribution in [1.29, 1.82) is 0 Å². The number of amides is 1. The predicted molar refractivity (Wildman–Crippen MR) is 86.6 cm³/mol. The van der Waals surface area contributed by atoms with Gasteiger partial charge >= 0.3 is 0 Å². The van der Waals surface area contributed by atoms with Crippen LogP contribution in [0.1, 0.15) is 29.2 Å². The molecule has 1 amide bonds. The summed E-state index contributed by atoms with van der Waals surface area (Å²) < 4.78 is 21.7. The third-order valence-electron chi connectivity index (χ3n) is 4.19. The van der Waals surface area contributed by atoms with Crippen LogP contribution in [-0.2, 0) is 4.74 Å². The highest BCUT2D eigenvalue weighted by molar-refractivity contribution is 6.11. The molecular formula is C15H16FN7O2. The predicted octanol–water partition coefficient (Wildman–Crippen LogP) is 1.25. The summed E-state index contributed by atoms with van der Waals surface area (Å²) in [5, 5.41) is 6.72. The van der Waals surface area contributed by atoms with Crippen LogP contribution < -0.4 is 11.1 Å². The summed E-state index contributed by atoms with van der Waals surface area (Å²) >= 11 is 0. The number of hydrogen-bond donors (Lipinski definition) is 2. The number of imidazole rings is 1. The molecule has 1 saturated heterocycles. The van der Waals surface area contributed by atoms with E-state index < -0.39 is 11.7 Å². The van der Waals surface area contributed by atoms with Crippen LogP contribution in [0.3, 0.4) is 0 Å². The van der Waals surface area contributed by atoms with E-state index in [1.54, 1.807) is 12.5 Å². The van der Waals surface area contributed by atoms with Crippen molar-refractivity contribution in [3.63, 3.8) is 0 Å². The zero-order chi connectivity index (χ0) is 17.4. The van der Waals surface area contributed by atoms with Gasteiger partial charge in [0.1, 0.15) is 11.4 Å². The largest absolute Gasteiger partial charge is 0.381 e. The van der Waals surface area contributed by atoms with Gasteiger partial charge in [-0.15, -0.1) is 5.10 Å². The third-order valence-corrected chi connectivity index (χ3v) is 4.19.